The second kappa shape index (κ2) is 5.07. The summed E-state index contributed by atoms with van der Waals surface area (Å²) in [6.07, 6.45) is -0.759. The number of benzene rings is 1. The number of ether oxygens (including phenoxy) is 1. The van der Waals surface area contributed by atoms with Crippen molar-refractivity contribution in [2.24, 2.45) is 0 Å². The zero-order valence-corrected chi connectivity index (χ0v) is 8.20. The summed E-state index contributed by atoms with van der Waals surface area (Å²) < 4.78 is 73.6. The predicted molar refractivity (Wildman–Crippen MR) is 61.7 cm³/mol. The topological polar surface area (TPSA) is 65.3 Å². The third kappa shape index (κ3) is 3.01. The van der Waals surface area contributed by atoms with E-state index in [1.54, 1.807) is 0 Å². The van der Waals surface area contributed by atoms with Gasteiger partial charge in [-0.25, -0.2) is 0 Å². The Morgan fingerprint density at radius 3 is 3.12 bits per heavy atom. The van der Waals surface area contributed by atoms with Gasteiger partial charge in [-0.2, -0.15) is 0 Å². The molecule has 86 valence electrons. The summed E-state index contributed by atoms with van der Waals surface area (Å²) in [6, 6.07) is -4.11. The van der Waals surface area contributed by atoms with Crippen LogP contribution in [0.2, 0.25) is 0 Å². The van der Waals surface area contributed by atoms with Crippen LogP contribution in [0.3, 0.4) is 0 Å². The van der Waals surface area contributed by atoms with Gasteiger partial charge in [0.2, 0.25) is 0 Å². The Hall–Kier alpha value is -2.43. The molecule has 0 amide bonds. The molecule has 0 bridgehead atoms. The highest BCUT2D eigenvalue weighted by atomic mass is 16.6. The molecular formula is C12H10N2O3. The van der Waals surface area contributed by atoms with E-state index in [1.165, 1.54) is 0 Å². The van der Waals surface area contributed by atoms with Crippen LogP contribution in [0.15, 0.2) is 48.5 Å². The fraction of sp³-hybridized carbons (Fsp3) is 0.0833. The van der Waals surface area contributed by atoms with Crippen molar-refractivity contribution in [1.82, 2.24) is 4.98 Å². The first-order valence-electron chi connectivity index (χ1n) is 8.77. The average molecular weight is 239 g/mol. The van der Waals surface area contributed by atoms with Crippen molar-refractivity contribution in [2.45, 2.75) is 6.56 Å². The number of aromatic nitrogens is 1. The van der Waals surface area contributed by atoms with Crippen LogP contribution in [-0.4, -0.2) is 9.91 Å². The van der Waals surface area contributed by atoms with Gasteiger partial charge in [0.1, 0.15) is 12.3 Å². The van der Waals surface area contributed by atoms with Gasteiger partial charge in [-0.3, -0.25) is 15.1 Å². The Morgan fingerprint density at radius 2 is 2.29 bits per heavy atom. The molecule has 1 heterocycles. The lowest BCUT2D eigenvalue weighted by Crippen LogP contribution is -1.97. The Bertz CT molecular complexity index is 920. The van der Waals surface area contributed by atoms with Crippen molar-refractivity contribution in [3.05, 3.63) is 64.3 Å². The van der Waals surface area contributed by atoms with Crippen molar-refractivity contribution in [2.75, 3.05) is 0 Å². The van der Waals surface area contributed by atoms with Crippen molar-refractivity contribution in [3.8, 4) is 5.75 Å². The normalized spacial score (nSPS) is 18.2. The van der Waals surface area contributed by atoms with Crippen molar-refractivity contribution in [3.63, 3.8) is 0 Å². The molecule has 2 rings (SSSR count). The monoisotopic (exact) mass is 239 g/mol. The summed E-state index contributed by atoms with van der Waals surface area (Å²) in [5.74, 6) is -0.676. The Labute approximate surface area is 110 Å². The van der Waals surface area contributed by atoms with E-state index in [0.717, 1.165) is 0 Å². The minimum absolute atomic E-state index is 0.673. The van der Waals surface area contributed by atoms with E-state index in [-0.39, 0.29) is 0 Å². The summed E-state index contributed by atoms with van der Waals surface area (Å²) in [5.41, 5.74) is -1.75. The summed E-state index contributed by atoms with van der Waals surface area (Å²) in [5, 5.41) is 10.8. The van der Waals surface area contributed by atoms with Gasteiger partial charge in [0.05, 0.1) is 23.0 Å². The van der Waals surface area contributed by atoms with Crippen LogP contribution in [0.1, 0.15) is 18.0 Å². The van der Waals surface area contributed by atoms with Gasteiger partial charge >= 0.3 is 0 Å². The highest BCUT2D eigenvalue weighted by Crippen LogP contribution is 2.17. The van der Waals surface area contributed by atoms with Gasteiger partial charge < -0.3 is 4.74 Å². The molecular weight excluding hydrogens is 220 g/mol. The van der Waals surface area contributed by atoms with E-state index in [4.69, 9.17) is 17.1 Å². The highest BCUT2D eigenvalue weighted by Gasteiger charge is 2.04. The van der Waals surface area contributed by atoms with Gasteiger partial charge in [0, 0.05) is 18.3 Å². The van der Waals surface area contributed by atoms with E-state index in [2.05, 4.69) is 4.98 Å². The second-order valence-electron chi connectivity index (χ2n) is 2.66. The third-order valence-corrected chi connectivity index (χ3v) is 1.55. The maximum Gasteiger partial charge on any atom is 0.269 e. The van der Waals surface area contributed by atoms with Crippen molar-refractivity contribution < 1.29 is 22.0 Å². The molecule has 1 aromatic heterocycles. The van der Waals surface area contributed by atoms with Gasteiger partial charge in [0.25, 0.3) is 5.69 Å². The molecule has 0 spiro atoms. The fourth-order valence-corrected chi connectivity index (χ4v) is 0.862. The Morgan fingerprint density at radius 1 is 1.41 bits per heavy atom. The lowest BCUT2D eigenvalue weighted by Gasteiger charge is -2.04. The molecule has 0 N–H and O–H groups in total. The number of nitro benzene ring substituents is 1. The summed E-state index contributed by atoms with van der Waals surface area (Å²) in [4.78, 5) is 13.2. The van der Waals surface area contributed by atoms with Gasteiger partial charge in [-0.05, 0) is 24.2 Å². The maximum absolute atomic E-state index is 10.8. The number of hydrogen-bond acceptors (Lipinski definition) is 4. The quantitative estimate of drug-likeness (QED) is 0.607. The summed E-state index contributed by atoms with van der Waals surface area (Å²) in [7, 11) is 0. The fourth-order valence-electron chi connectivity index (χ4n) is 0.862. The smallest absolute Gasteiger partial charge is 0.269 e. The first-order chi connectivity index (χ1) is 11.9. The molecule has 5 nitrogen and oxygen atoms in total. The van der Waals surface area contributed by atoms with Gasteiger partial charge in [-0.15, -0.1) is 0 Å². The maximum atomic E-state index is 10.8. The number of nitrogens with zero attached hydrogens (tertiary/aromatic N) is 2. The van der Waals surface area contributed by atoms with Crippen LogP contribution in [-0.2, 0) is 6.56 Å². The summed E-state index contributed by atoms with van der Waals surface area (Å²) in [6.45, 7) is -2.96. The molecule has 0 aliphatic heterocycles. The molecule has 0 aliphatic rings. The van der Waals surface area contributed by atoms with E-state index in [9.17, 15) is 10.1 Å². The highest BCUT2D eigenvalue weighted by molar-refractivity contribution is 5.36. The van der Waals surface area contributed by atoms with E-state index in [0.29, 0.717) is 6.07 Å². The van der Waals surface area contributed by atoms with E-state index in [1.807, 2.05) is 0 Å². The van der Waals surface area contributed by atoms with Crippen LogP contribution in [0.5, 0.6) is 5.75 Å². The Balaban J connectivity index is 2.57. The van der Waals surface area contributed by atoms with E-state index >= 15 is 0 Å². The molecule has 17 heavy (non-hydrogen) atoms. The SMILES string of the molecule is [2H]c1cc(OC([2H])([2H])c2nc([2H])c([2H])c([2H])c2[2H])c([2H])c([2H])c1[N+](=O)[O-]. The zero-order valence-electron chi connectivity index (χ0n) is 17.2. The first kappa shape index (κ1) is 4.44. The number of rotatable bonds is 4. The number of hydrogen-bond donors (Lipinski definition) is 0. The largest absolute Gasteiger partial charge is 0.487 e. The van der Waals surface area contributed by atoms with Crippen molar-refractivity contribution in [1.29, 1.82) is 0 Å². The van der Waals surface area contributed by atoms with Crippen LogP contribution >= 0.6 is 0 Å². The minimum atomic E-state index is -2.96. The molecule has 0 fully saturated rings. The molecule has 5 heteroatoms. The standard InChI is InChI=1S/C12H10N2O3/c15-14(16)11-4-6-12(7-5-11)17-9-10-3-1-2-8-13-10/h1-8H,9H2/i1D,2D,3D,4D,5D,6D,8D,9D2. The lowest BCUT2D eigenvalue weighted by atomic mass is 10.3. The van der Waals surface area contributed by atoms with Gasteiger partial charge in [0.15, 0.2) is 0 Å². The molecule has 0 unspecified atom stereocenters. The molecule has 0 saturated heterocycles. The minimum Gasteiger partial charge on any atom is -0.487 e. The third-order valence-electron chi connectivity index (χ3n) is 1.55. The molecule has 0 atom stereocenters. The molecule has 0 radical (unpaired) electrons. The lowest BCUT2D eigenvalue weighted by molar-refractivity contribution is -0.384. The number of pyridine rings is 1. The molecule has 1 aromatic carbocycles. The van der Waals surface area contributed by atoms with Crippen LogP contribution in [0.4, 0.5) is 5.69 Å². The number of nitro groups is 1. The average Bonchev–Trinajstić information content (AvgIpc) is 2.53. The molecule has 0 aliphatic carbocycles. The zero-order chi connectivity index (χ0) is 20.0. The second-order valence-corrected chi connectivity index (χ2v) is 2.66. The van der Waals surface area contributed by atoms with Gasteiger partial charge in [-0.1, -0.05) is 6.04 Å². The molecule has 0 saturated carbocycles. The molecule has 2 aromatic rings. The van der Waals surface area contributed by atoms with Crippen LogP contribution < -0.4 is 4.74 Å². The Kier molecular flexibility index (Phi) is 1.32. The summed E-state index contributed by atoms with van der Waals surface area (Å²) >= 11 is 0. The van der Waals surface area contributed by atoms with Crippen LogP contribution in [0.25, 0.3) is 0 Å². The van der Waals surface area contributed by atoms with Crippen LogP contribution in [0, 0.1) is 10.1 Å². The van der Waals surface area contributed by atoms with E-state index < -0.39 is 71.0 Å². The predicted octanol–water partition coefficient (Wildman–Crippen LogP) is 2.57. The van der Waals surface area contributed by atoms with Crippen molar-refractivity contribution >= 4 is 5.69 Å². The first-order valence-corrected chi connectivity index (χ1v) is 4.27.